The molecule has 1 rings (SSSR count). The van der Waals surface area contributed by atoms with Gasteiger partial charge in [-0.2, -0.15) is 11.8 Å². The second-order valence-electron chi connectivity index (χ2n) is 4.22. The number of methoxy groups -OCH3 is 1. The maximum Gasteiger partial charge on any atom is 0.123 e. The standard InChI is InChI=1S/C13H21NOS/c1-9(2)10-5-6-13(15-3)11(7-10)12(14)8-16-4/h5-7,9,12H,8,14H2,1-4H3. The molecule has 0 spiro atoms. The van der Waals surface area contributed by atoms with E-state index in [2.05, 4.69) is 32.2 Å². The molecule has 0 heterocycles. The van der Waals surface area contributed by atoms with Gasteiger partial charge in [0.25, 0.3) is 0 Å². The SMILES string of the molecule is COc1ccc(C(C)C)cc1C(N)CSC. The van der Waals surface area contributed by atoms with Gasteiger partial charge >= 0.3 is 0 Å². The zero-order valence-corrected chi connectivity index (χ0v) is 11.3. The van der Waals surface area contributed by atoms with Crippen molar-refractivity contribution >= 4 is 11.8 Å². The minimum atomic E-state index is 0.0450. The summed E-state index contributed by atoms with van der Waals surface area (Å²) in [5, 5.41) is 0. The molecule has 3 heteroatoms. The van der Waals surface area contributed by atoms with Gasteiger partial charge in [-0.1, -0.05) is 26.0 Å². The van der Waals surface area contributed by atoms with Crippen LogP contribution < -0.4 is 10.5 Å². The van der Waals surface area contributed by atoms with Gasteiger partial charge in [-0.05, 0) is 23.8 Å². The zero-order chi connectivity index (χ0) is 12.1. The third kappa shape index (κ3) is 3.16. The van der Waals surface area contributed by atoms with Gasteiger partial charge in [0.15, 0.2) is 0 Å². The summed E-state index contributed by atoms with van der Waals surface area (Å²) in [6, 6.07) is 6.34. The molecule has 2 N–H and O–H groups in total. The Morgan fingerprint density at radius 3 is 2.56 bits per heavy atom. The molecule has 0 saturated carbocycles. The number of benzene rings is 1. The topological polar surface area (TPSA) is 35.2 Å². The molecule has 0 amide bonds. The molecule has 0 aromatic heterocycles. The second-order valence-corrected chi connectivity index (χ2v) is 5.13. The van der Waals surface area contributed by atoms with E-state index in [1.807, 2.05) is 6.07 Å². The van der Waals surface area contributed by atoms with E-state index >= 15 is 0 Å². The summed E-state index contributed by atoms with van der Waals surface area (Å²) in [7, 11) is 1.69. The number of nitrogens with two attached hydrogens (primary N) is 1. The van der Waals surface area contributed by atoms with Crippen LogP contribution in [0.5, 0.6) is 5.75 Å². The Balaban J connectivity index is 3.06. The quantitative estimate of drug-likeness (QED) is 0.857. The Kier molecular flexibility index (Phi) is 5.16. The van der Waals surface area contributed by atoms with Crippen molar-refractivity contribution < 1.29 is 4.74 Å². The van der Waals surface area contributed by atoms with Crippen LogP contribution in [0.4, 0.5) is 0 Å². The number of ether oxygens (including phenoxy) is 1. The molecule has 0 saturated heterocycles. The van der Waals surface area contributed by atoms with Gasteiger partial charge in [0.05, 0.1) is 7.11 Å². The average Bonchev–Trinajstić information content (AvgIpc) is 2.28. The molecule has 0 bridgehead atoms. The van der Waals surface area contributed by atoms with Gasteiger partial charge < -0.3 is 10.5 Å². The van der Waals surface area contributed by atoms with Crippen LogP contribution in [0.15, 0.2) is 18.2 Å². The van der Waals surface area contributed by atoms with E-state index in [0.717, 1.165) is 17.1 Å². The lowest BCUT2D eigenvalue weighted by atomic mass is 9.97. The molecule has 0 aliphatic heterocycles. The third-order valence-corrected chi connectivity index (χ3v) is 3.36. The minimum absolute atomic E-state index is 0.0450. The van der Waals surface area contributed by atoms with Crippen molar-refractivity contribution in [2.75, 3.05) is 19.1 Å². The lowest BCUT2D eigenvalue weighted by Crippen LogP contribution is -2.14. The van der Waals surface area contributed by atoms with E-state index in [4.69, 9.17) is 10.5 Å². The lowest BCUT2D eigenvalue weighted by molar-refractivity contribution is 0.407. The molecule has 90 valence electrons. The summed E-state index contributed by atoms with van der Waals surface area (Å²) in [6.07, 6.45) is 2.07. The molecule has 2 nitrogen and oxygen atoms in total. The largest absolute Gasteiger partial charge is 0.496 e. The predicted octanol–water partition coefficient (Wildman–Crippen LogP) is 3.18. The fraction of sp³-hybridized carbons (Fsp3) is 0.538. The Morgan fingerprint density at radius 2 is 2.06 bits per heavy atom. The highest BCUT2D eigenvalue weighted by atomic mass is 32.2. The fourth-order valence-electron chi connectivity index (χ4n) is 1.67. The van der Waals surface area contributed by atoms with E-state index in [1.165, 1.54) is 5.56 Å². The van der Waals surface area contributed by atoms with Crippen LogP contribution in [0.1, 0.15) is 36.9 Å². The summed E-state index contributed by atoms with van der Waals surface area (Å²) in [5.74, 6) is 2.33. The average molecular weight is 239 g/mol. The van der Waals surface area contributed by atoms with Crippen LogP contribution in [-0.2, 0) is 0 Å². The monoisotopic (exact) mass is 239 g/mol. The second kappa shape index (κ2) is 6.16. The Labute approximate surface area is 103 Å². The summed E-state index contributed by atoms with van der Waals surface area (Å²) >= 11 is 1.76. The molecule has 0 aliphatic rings. The van der Waals surface area contributed by atoms with Gasteiger partial charge in [-0.3, -0.25) is 0 Å². The van der Waals surface area contributed by atoms with E-state index in [9.17, 15) is 0 Å². The molecule has 0 radical (unpaired) electrons. The van der Waals surface area contributed by atoms with Gasteiger partial charge in [0.2, 0.25) is 0 Å². The van der Waals surface area contributed by atoms with Crippen molar-refractivity contribution in [3.8, 4) is 5.75 Å². The van der Waals surface area contributed by atoms with Crippen molar-refractivity contribution in [3.63, 3.8) is 0 Å². The smallest absolute Gasteiger partial charge is 0.123 e. The van der Waals surface area contributed by atoms with Crippen LogP contribution in [-0.4, -0.2) is 19.1 Å². The third-order valence-electron chi connectivity index (χ3n) is 2.67. The number of hydrogen-bond acceptors (Lipinski definition) is 3. The molecule has 1 unspecified atom stereocenters. The molecule has 16 heavy (non-hydrogen) atoms. The molecule has 0 aliphatic carbocycles. The van der Waals surface area contributed by atoms with E-state index in [-0.39, 0.29) is 6.04 Å². The first-order chi connectivity index (χ1) is 7.60. The highest BCUT2D eigenvalue weighted by Crippen LogP contribution is 2.29. The van der Waals surface area contributed by atoms with Gasteiger partial charge in [0.1, 0.15) is 5.75 Å². The van der Waals surface area contributed by atoms with Crippen LogP contribution in [0.25, 0.3) is 0 Å². The zero-order valence-electron chi connectivity index (χ0n) is 10.5. The lowest BCUT2D eigenvalue weighted by Gasteiger charge is -2.17. The first-order valence-electron chi connectivity index (χ1n) is 5.52. The van der Waals surface area contributed by atoms with Crippen LogP contribution >= 0.6 is 11.8 Å². The first kappa shape index (κ1) is 13.4. The fourth-order valence-corrected chi connectivity index (χ4v) is 2.21. The molecule has 0 fully saturated rings. The van der Waals surface area contributed by atoms with Crippen molar-refractivity contribution in [1.29, 1.82) is 0 Å². The first-order valence-corrected chi connectivity index (χ1v) is 6.91. The van der Waals surface area contributed by atoms with Crippen molar-refractivity contribution in [2.45, 2.75) is 25.8 Å². The maximum absolute atomic E-state index is 6.15. The van der Waals surface area contributed by atoms with E-state index in [0.29, 0.717) is 5.92 Å². The molecular weight excluding hydrogens is 218 g/mol. The summed E-state index contributed by atoms with van der Waals surface area (Å²) in [4.78, 5) is 0. The van der Waals surface area contributed by atoms with Gasteiger partial charge in [0, 0.05) is 17.4 Å². The Hall–Kier alpha value is -0.670. The van der Waals surface area contributed by atoms with Gasteiger partial charge in [-0.15, -0.1) is 0 Å². The normalized spacial score (nSPS) is 12.9. The molecule has 1 aromatic carbocycles. The van der Waals surface area contributed by atoms with Crippen molar-refractivity contribution in [3.05, 3.63) is 29.3 Å². The Morgan fingerprint density at radius 1 is 1.38 bits per heavy atom. The van der Waals surface area contributed by atoms with Crippen LogP contribution in [0.2, 0.25) is 0 Å². The minimum Gasteiger partial charge on any atom is -0.496 e. The molecule has 1 atom stereocenters. The predicted molar refractivity (Wildman–Crippen MR) is 72.4 cm³/mol. The summed E-state index contributed by atoms with van der Waals surface area (Å²) in [6.45, 7) is 4.37. The Bertz CT molecular complexity index is 339. The van der Waals surface area contributed by atoms with E-state index < -0.39 is 0 Å². The summed E-state index contributed by atoms with van der Waals surface area (Å²) < 4.78 is 5.36. The highest BCUT2D eigenvalue weighted by Gasteiger charge is 2.13. The number of thioether (sulfide) groups is 1. The van der Waals surface area contributed by atoms with Crippen molar-refractivity contribution in [1.82, 2.24) is 0 Å². The molecule has 1 aromatic rings. The summed E-state index contributed by atoms with van der Waals surface area (Å²) in [5.41, 5.74) is 8.58. The number of hydrogen-bond donors (Lipinski definition) is 1. The van der Waals surface area contributed by atoms with Crippen LogP contribution in [0.3, 0.4) is 0 Å². The highest BCUT2D eigenvalue weighted by molar-refractivity contribution is 7.98. The van der Waals surface area contributed by atoms with E-state index in [1.54, 1.807) is 18.9 Å². The van der Waals surface area contributed by atoms with Crippen molar-refractivity contribution in [2.24, 2.45) is 5.73 Å². The number of rotatable bonds is 5. The maximum atomic E-state index is 6.15. The van der Waals surface area contributed by atoms with Gasteiger partial charge in [-0.25, -0.2) is 0 Å². The molecular formula is C13H21NOS. The van der Waals surface area contributed by atoms with Crippen LogP contribution in [0, 0.1) is 0 Å².